The summed E-state index contributed by atoms with van der Waals surface area (Å²) in [7, 11) is 1.44. The molecule has 1 rings (SSSR count). The quantitative estimate of drug-likeness (QED) is 0.538. The molecule has 6 heteroatoms. The minimum Gasteiger partial charge on any atom is -0.478 e. The molecule has 0 saturated carbocycles. The summed E-state index contributed by atoms with van der Waals surface area (Å²) in [5.74, 6) is -1.14. The topological polar surface area (TPSA) is 104 Å². The highest BCUT2D eigenvalue weighted by atomic mass is 16.4. The lowest BCUT2D eigenvalue weighted by Crippen LogP contribution is -2.25. The van der Waals surface area contributed by atoms with Gasteiger partial charge in [-0.2, -0.15) is 0 Å². The number of nitrogens with one attached hydrogen (secondary N) is 2. The van der Waals surface area contributed by atoms with Gasteiger partial charge in [-0.1, -0.05) is 0 Å². The fourth-order valence-corrected chi connectivity index (χ4v) is 1.03. The molecule has 0 fully saturated rings. The van der Waals surface area contributed by atoms with Gasteiger partial charge in [0.25, 0.3) is 0 Å². The maximum absolute atomic E-state index is 11.0. The Morgan fingerprint density at radius 3 is 2.60 bits per heavy atom. The predicted octanol–water partition coefficient (Wildman–Crippen LogP) is 0.718. The number of nitrogen functional groups attached to an aromatic ring is 1. The largest absolute Gasteiger partial charge is 0.478 e. The average Bonchev–Trinajstić information content (AvgIpc) is 2.20. The van der Waals surface area contributed by atoms with Crippen molar-refractivity contribution in [2.75, 3.05) is 18.1 Å². The zero-order valence-electron chi connectivity index (χ0n) is 8.07. The highest BCUT2D eigenvalue weighted by Gasteiger charge is 2.11. The number of carbonyl (C=O) groups excluding carboxylic acids is 1. The van der Waals surface area contributed by atoms with Crippen LogP contribution in [0.25, 0.3) is 0 Å². The van der Waals surface area contributed by atoms with Gasteiger partial charge < -0.3 is 21.5 Å². The van der Waals surface area contributed by atoms with Crippen molar-refractivity contribution in [3.63, 3.8) is 0 Å². The number of carbonyl (C=O) groups is 2. The van der Waals surface area contributed by atoms with Crippen LogP contribution in [-0.4, -0.2) is 24.2 Å². The van der Waals surface area contributed by atoms with E-state index in [-0.39, 0.29) is 11.3 Å². The summed E-state index contributed by atoms with van der Waals surface area (Å²) in [6, 6.07) is 3.75. The van der Waals surface area contributed by atoms with Crippen molar-refractivity contribution in [2.24, 2.45) is 0 Å². The molecule has 0 saturated heterocycles. The Bertz CT molecular complexity index is 404. The minimum absolute atomic E-state index is 0.0430. The number of benzene rings is 1. The number of carboxylic acids is 1. The molecule has 6 nitrogen and oxygen atoms in total. The number of amides is 2. The van der Waals surface area contributed by atoms with Crippen LogP contribution in [0.3, 0.4) is 0 Å². The number of hydrogen-bond donors (Lipinski definition) is 4. The van der Waals surface area contributed by atoms with Gasteiger partial charge in [-0.3, -0.25) is 0 Å². The second-order valence-corrected chi connectivity index (χ2v) is 2.81. The molecule has 0 atom stereocenters. The number of anilines is 2. The van der Waals surface area contributed by atoms with Crippen molar-refractivity contribution >= 4 is 23.4 Å². The van der Waals surface area contributed by atoms with Crippen LogP contribution in [0.2, 0.25) is 0 Å². The second-order valence-electron chi connectivity index (χ2n) is 2.81. The standard InChI is InChI=1S/C9H11N3O3/c1-11-9(15)12-7-3-2-5(10)4-6(7)8(13)14/h2-4H,10H2,1H3,(H,13,14)(H2,11,12,15). The van der Waals surface area contributed by atoms with E-state index in [0.29, 0.717) is 5.69 Å². The van der Waals surface area contributed by atoms with Crippen LogP contribution in [0.5, 0.6) is 0 Å². The van der Waals surface area contributed by atoms with Crippen LogP contribution in [0.1, 0.15) is 10.4 Å². The van der Waals surface area contributed by atoms with Crippen molar-refractivity contribution < 1.29 is 14.7 Å². The molecule has 0 bridgehead atoms. The highest BCUT2D eigenvalue weighted by Crippen LogP contribution is 2.18. The van der Waals surface area contributed by atoms with Gasteiger partial charge in [0.05, 0.1) is 11.3 Å². The number of hydrogen-bond acceptors (Lipinski definition) is 3. The molecule has 5 N–H and O–H groups in total. The van der Waals surface area contributed by atoms with E-state index in [1.165, 1.54) is 25.2 Å². The van der Waals surface area contributed by atoms with Gasteiger partial charge in [-0.25, -0.2) is 9.59 Å². The van der Waals surface area contributed by atoms with Crippen molar-refractivity contribution in [1.29, 1.82) is 0 Å². The van der Waals surface area contributed by atoms with Crippen LogP contribution < -0.4 is 16.4 Å². The molecule has 0 aliphatic rings. The van der Waals surface area contributed by atoms with Gasteiger partial charge in [-0.05, 0) is 18.2 Å². The second kappa shape index (κ2) is 4.32. The smallest absolute Gasteiger partial charge is 0.337 e. The van der Waals surface area contributed by atoms with Gasteiger partial charge >= 0.3 is 12.0 Å². The number of urea groups is 1. The molecule has 0 spiro atoms. The van der Waals surface area contributed by atoms with Gasteiger partial charge in [0.15, 0.2) is 0 Å². The molecule has 0 aliphatic heterocycles. The molecule has 0 unspecified atom stereocenters. The summed E-state index contributed by atoms with van der Waals surface area (Å²) in [4.78, 5) is 21.8. The maximum atomic E-state index is 11.0. The zero-order valence-corrected chi connectivity index (χ0v) is 8.07. The van der Waals surface area contributed by atoms with Crippen LogP contribution in [-0.2, 0) is 0 Å². The van der Waals surface area contributed by atoms with E-state index in [9.17, 15) is 9.59 Å². The summed E-state index contributed by atoms with van der Waals surface area (Å²) in [6.45, 7) is 0. The van der Waals surface area contributed by atoms with Gasteiger partial charge in [0, 0.05) is 12.7 Å². The Hall–Kier alpha value is -2.24. The van der Waals surface area contributed by atoms with Crippen LogP contribution in [0.15, 0.2) is 18.2 Å². The van der Waals surface area contributed by atoms with Crippen molar-refractivity contribution in [2.45, 2.75) is 0 Å². The van der Waals surface area contributed by atoms with Crippen molar-refractivity contribution in [1.82, 2.24) is 5.32 Å². The van der Waals surface area contributed by atoms with Gasteiger partial charge in [-0.15, -0.1) is 0 Å². The lowest BCUT2D eigenvalue weighted by molar-refractivity contribution is 0.0698. The average molecular weight is 209 g/mol. The predicted molar refractivity (Wildman–Crippen MR) is 55.9 cm³/mol. The third-order valence-corrected chi connectivity index (χ3v) is 1.75. The van der Waals surface area contributed by atoms with Gasteiger partial charge in [0.1, 0.15) is 0 Å². The maximum Gasteiger partial charge on any atom is 0.337 e. The van der Waals surface area contributed by atoms with Crippen LogP contribution in [0.4, 0.5) is 16.2 Å². The third-order valence-electron chi connectivity index (χ3n) is 1.75. The first-order valence-corrected chi connectivity index (χ1v) is 4.16. The molecular formula is C9H11N3O3. The monoisotopic (exact) mass is 209 g/mol. The minimum atomic E-state index is -1.14. The number of aromatic carboxylic acids is 1. The molecule has 2 amide bonds. The lowest BCUT2D eigenvalue weighted by atomic mass is 10.1. The van der Waals surface area contributed by atoms with Crippen molar-refractivity contribution in [3.8, 4) is 0 Å². The summed E-state index contributed by atoms with van der Waals surface area (Å²) in [5, 5.41) is 13.6. The van der Waals surface area contributed by atoms with E-state index in [1.54, 1.807) is 0 Å². The summed E-state index contributed by atoms with van der Waals surface area (Å²) >= 11 is 0. The Kier molecular flexibility index (Phi) is 3.12. The van der Waals surface area contributed by atoms with E-state index in [2.05, 4.69) is 10.6 Å². The van der Waals surface area contributed by atoms with Crippen LogP contribution >= 0.6 is 0 Å². The van der Waals surface area contributed by atoms with E-state index < -0.39 is 12.0 Å². The fourth-order valence-electron chi connectivity index (χ4n) is 1.03. The van der Waals surface area contributed by atoms with Crippen LogP contribution in [0, 0.1) is 0 Å². The Morgan fingerprint density at radius 2 is 2.07 bits per heavy atom. The zero-order chi connectivity index (χ0) is 11.4. The molecule has 0 radical (unpaired) electrons. The molecule has 0 aromatic heterocycles. The first-order chi connectivity index (χ1) is 7.04. The highest BCUT2D eigenvalue weighted by molar-refractivity contribution is 6.00. The van der Waals surface area contributed by atoms with E-state index in [4.69, 9.17) is 10.8 Å². The van der Waals surface area contributed by atoms with Gasteiger partial charge in [0.2, 0.25) is 0 Å². The molecule has 1 aromatic carbocycles. The van der Waals surface area contributed by atoms with E-state index in [0.717, 1.165) is 0 Å². The van der Waals surface area contributed by atoms with E-state index in [1.807, 2.05) is 0 Å². The summed E-state index contributed by atoms with van der Waals surface area (Å²) in [6.07, 6.45) is 0. The Labute approximate surface area is 86.1 Å². The first kappa shape index (κ1) is 10.8. The number of nitrogens with two attached hydrogens (primary N) is 1. The number of rotatable bonds is 2. The molecule has 80 valence electrons. The summed E-state index contributed by atoms with van der Waals surface area (Å²) < 4.78 is 0. The molecule has 15 heavy (non-hydrogen) atoms. The lowest BCUT2D eigenvalue weighted by Gasteiger charge is -2.08. The molecule has 0 heterocycles. The Balaban J connectivity index is 3.06. The molecule has 0 aliphatic carbocycles. The Morgan fingerprint density at radius 1 is 1.40 bits per heavy atom. The van der Waals surface area contributed by atoms with Crippen molar-refractivity contribution in [3.05, 3.63) is 23.8 Å². The SMILES string of the molecule is CNC(=O)Nc1ccc(N)cc1C(=O)O. The normalized spacial score (nSPS) is 9.40. The fraction of sp³-hybridized carbons (Fsp3) is 0.111. The number of carboxylic acid groups (broad SMARTS) is 1. The third kappa shape index (κ3) is 2.60. The molecule has 1 aromatic rings. The first-order valence-electron chi connectivity index (χ1n) is 4.16. The van der Waals surface area contributed by atoms with E-state index >= 15 is 0 Å². The summed E-state index contributed by atoms with van der Waals surface area (Å²) in [5.41, 5.74) is 5.93. The molecular weight excluding hydrogens is 198 g/mol.